The lowest BCUT2D eigenvalue weighted by molar-refractivity contribution is 0.0835. The first-order valence-corrected chi connectivity index (χ1v) is 8.00. The van der Waals surface area contributed by atoms with Gasteiger partial charge in [-0.05, 0) is 44.1 Å². The zero-order valence-corrected chi connectivity index (χ0v) is 13.3. The quantitative estimate of drug-likeness (QED) is 0.635. The summed E-state index contributed by atoms with van der Waals surface area (Å²) in [5.41, 5.74) is 1.28. The van der Waals surface area contributed by atoms with Crippen LogP contribution in [-0.2, 0) is 11.3 Å². The molecule has 4 heteroatoms. The van der Waals surface area contributed by atoms with Crippen LogP contribution in [0.2, 0.25) is 0 Å². The summed E-state index contributed by atoms with van der Waals surface area (Å²) in [6, 6.07) is 9.05. The lowest BCUT2D eigenvalue weighted by atomic mass is 10.2. The summed E-state index contributed by atoms with van der Waals surface area (Å²) in [6.45, 7) is 7.08. The molecule has 1 aromatic rings. The summed E-state index contributed by atoms with van der Waals surface area (Å²) in [5.74, 6) is 0.911. The standard InChI is InChI=1S/C17H28N2O2/c1-3-18-14-15-4-8-17(9-5-15)21-13-12-20-11-10-19(2)16-6-7-16/h4-5,8-9,16,18H,3,6-7,10-14H2,1-2H3. The van der Waals surface area contributed by atoms with E-state index in [1.807, 2.05) is 12.1 Å². The molecule has 118 valence electrons. The second-order valence-electron chi connectivity index (χ2n) is 5.60. The van der Waals surface area contributed by atoms with Crippen LogP contribution in [0.4, 0.5) is 0 Å². The van der Waals surface area contributed by atoms with Gasteiger partial charge in [0.15, 0.2) is 0 Å². The number of hydrogen-bond acceptors (Lipinski definition) is 4. The van der Waals surface area contributed by atoms with Gasteiger partial charge in [0.05, 0.1) is 13.2 Å². The van der Waals surface area contributed by atoms with Gasteiger partial charge in [0, 0.05) is 19.1 Å². The van der Waals surface area contributed by atoms with Gasteiger partial charge in [-0.3, -0.25) is 0 Å². The van der Waals surface area contributed by atoms with E-state index in [9.17, 15) is 0 Å². The fourth-order valence-electron chi connectivity index (χ4n) is 2.20. The van der Waals surface area contributed by atoms with Gasteiger partial charge in [-0.15, -0.1) is 0 Å². The lowest BCUT2D eigenvalue weighted by Gasteiger charge is -2.15. The molecule has 21 heavy (non-hydrogen) atoms. The average Bonchev–Trinajstić information content (AvgIpc) is 3.34. The van der Waals surface area contributed by atoms with Gasteiger partial charge < -0.3 is 19.7 Å². The molecule has 0 bridgehead atoms. The summed E-state index contributed by atoms with van der Waals surface area (Å²) in [4.78, 5) is 2.38. The highest BCUT2D eigenvalue weighted by atomic mass is 16.5. The molecular weight excluding hydrogens is 264 g/mol. The van der Waals surface area contributed by atoms with Crippen molar-refractivity contribution in [3.05, 3.63) is 29.8 Å². The number of nitrogens with one attached hydrogen (secondary N) is 1. The zero-order chi connectivity index (χ0) is 14.9. The van der Waals surface area contributed by atoms with Crippen LogP contribution in [0.1, 0.15) is 25.3 Å². The Morgan fingerprint density at radius 2 is 1.90 bits per heavy atom. The van der Waals surface area contributed by atoms with E-state index in [2.05, 4.69) is 36.3 Å². The Bertz CT molecular complexity index is 390. The number of benzene rings is 1. The number of ether oxygens (including phenoxy) is 2. The van der Waals surface area contributed by atoms with Crippen LogP contribution < -0.4 is 10.1 Å². The summed E-state index contributed by atoms with van der Waals surface area (Å²) in [7, 11) is 2.17. The summed E-state index contributed by atoms with van der Waals surface area (Å²) in [6.07, 6.45) is 2.70. The predicted molar refractivity (Wildman–Crippen MR) is 85.8 cm³/mol. The van der Waals surface area contributed by atoms with Crippen molar-refractivity contribution in [3.8, 4) is 5.75 Å². The Balaban J connectivity index is 1.51. The molecule has 2 rings (SSSR count). The van der Waals surface area contributed by atoms with Crippen molar-refractivity contribution in [3.63, 3.8) is 0 Å². The maximum Gasteiger partial charge on any atom is 0.119 e. The van der Waals surface area contributed by atoms with Crippen LogP contribution in [-0.4, -0.2) is 50.9 Å². The van der Waals surface area contributed by atoms with Crippen molar-refractivity contribution in [2.24, 2.45) is 0 Å². The van der Waals surface area contributed by atoms with Crippen molar-refractivity contribution in [1.82, 2.24) is 10.2 Å². The number of likely N-dealkylation sites (N-methyl/N-ethyl adjacent to an activating group) is 1. The summed E-state index contributed by atoms with van der Waals surface area (Å²) < 4.78 is 11.3. The van der Waals surface area contributed by atoms with Gasteiger partial charge in [-0.25, -0.2) is 0 Å². The topological polar surface area (TPSA) is 33.7 Å². The maximum atomic E-state index is 5.67. The van der Waals surface area contributed by atoms with Crippen LogP contribution in [0.3, 0.4) is 0 Å². The molecule has 0 heterocycles. The minimum absolute atomic E-state index is 0.611. The molecule has 1 aromatic carbocycles. The monoisotopic (exact) mass is 292 g/mol. The third-order valence-corrected chi connectivity index (χ3v) is 3.76. The van der Waals surface area contributed by atoms with E-state index in [1.165, 1.54) is 18.4 Å². The smallest absolute Gasteiger partial charge is 0.119 e. The second kappa shape index (κ2) is 9.03. The Kier molecular flexibility index (Phi) is 7.00. The summed E-state index contributed by atoms with van der Waals surface area (Å²) >= 11 is 0. The van der Waals surface area contributed by atoms with Gasteiger partial charge in [0.25, 0.3) is 0 Å². The first kappa shape index (κ1) is 16.3. The fraction of sp³-hybridized carbons (Fsp3) is 0.647. The Hall–Kier alpha value is -1.10. The van der Waals surface area contributed by atoms with Gasteiger partial charge >= 0.3 is 0 Å². The van der Waals surface area contributed by atoms with E-state index in [-0.39, 0.29) is 0 Å². The molecule has 0 aliphatic heterocycles. The highest BCUT2D eigenvalue weighted by molar-refractivity contribution is 5.27. The molecule has 0 spiro atoms. The van der Waals surface area contributed by atoms with Crippen LogP contribution in [0.5, 0.6) is 5.75 Å². The summed E-state index contributed by atoms with van der Waals surface area (Å²) in [5, 5.41) is 3.31. The van der Waals surface area contributed by atoms with Crippen LogP contribution in [0.15, 0.2) is 24.3 Å². The Morgan fingerprint density at radius 3 is 2.57 bits per heavy atom. The first-order valence-electron chi connectivity index (χ1n) is 8.00. The van der Waals surface area contributed by atoms with Gasteiger partial charge in [0.1, 0.15) is 12.4 Å². The van der Waals surface area contributed by atoms with Crippen LogP contribution >= 0.6 is 0 Å². The lowest BCUT2D eigenvalue weighted by Crippen LogP contribution is -2.25. The van der Waals surface area contributed by atoms with Crippen molar-refractivity contribution < 1.29 is 9.47 Å². The first-order chi connectivity index (χ1) is 10.3. The van der Waals surface area contributed by atoms with Crippen LogP contribution in [0.25, 0.3) is 0 Å². The molecular formula is C17H28N2O2. The number of hydrogen-bond donors (Lipinski definition) is 1. The average molecular weight is 292 g/mol. The van der Waals surface area contributed by atoms with E-state index in [0.29, 0.717) is 13.2 Å². The van der Waals surface area contributed by atoms with E-state index in [1.54, 1.807) is 0 Å². The molecule has 0 aromatic heterocycles. The van der Waals surface area contributed by atoms with Gasteiger partial charge in [-0.2, -0.15) is 0 Å². The van der Waals surface area contributed by atoms with Crippen molar-refractivity contribution >= 4 is 0 Å². The normalized spacial score (nSPS) is 14.6. The number of rotatable bonds is 11. The molecule has 0 unspecified atom stereocenters. The molecule has 4 nitrogen and oxygen atoms in total. The third-order valence-electron chi connectivity index (χ3n) is 3.76. The minimum atomic E-state index is 0.611. The highest BCUT2D eigenvalue weighted by Crippen LogP contribution is 2.24. The van der Waals surface area contributed by atoms with Gasteiger partial charge in [0.2, 0.25) is 0 Å². The molecule has 1 fully saturated rings. The fourth-order valence-corrected chi connectivity index (χ4v) is 2.20. The molecule has 1 saturated carbocycles. The molecule has 1 aliphatic rings. The third kappa shape index (κ3) is 6.46. The maximum absolute atomic E-state index is 5.67. The Morgan fingerprint density at radius 1 is 1.14 bits per heavy atom. The van der Waals surface area contributed by atoms with Crippen molar-refractivity contribution in [2.75, 3.05) is 40.0 Å². The Labute approximate surface area is 128 Å². The van der Waals surface area contributed by atoms with E-state index in [0.717, 1.165) is 38.0 Å². The van der Waals surface area contributed by atoms with E-state index in [4.69, 9.17) is 9.47 Å². The molecule has 0 atom stereocenters. The van der Waals surface area contributed by atoms with Crippen molar-refractivity contribution in [1.29, 1.82) is 0 Å². The number of nitrogens with zero attached hydrogens (tertiary/aromatic N) is 1. The largest absolute Gasteiger partial charge is 0.491 e. The highest BCUT2D eigenvalue weighted by Gasteiger charge is 2.25. The zero-order valence-electron chi connectivity index (χ0n) is 13.3. The second-order valence-corrected chi connectivity index (χ2v) is 5.60. The molecule has 1 N–H and O–H groups in total. The van der Waals surface area contributed by atoms with E-state index >= 15 is 0 Å². The molecule has 0 amide bonds. The van der Waals surface area contributed by atoms with Crippen molar-refractivity contribution in [2.45, 2.75) is 32.4 Å². The predicted octanol–water partition coefficient (Wildman–Crippen LogP) is 2.29. The van der Waals surface area contributed by atoms with E-state index < -0.39 is 0 Å². The molecule has 0 saturated heterocycles. The molecule has 0 radical (unpaired) electrons. The van der Waals surface area contributed by atoms with Crippen LogP contribution in [0, 0.1) is 0 Å². The minimum Gasteiger partial charge on any atom is -0.491 e. The molecule has 1 aliphatic carbocycles. The van der Waals surface area contributed by atoms with Gasteiger partial charge in [-0.1, -0.05) is 19.1 Å². The SMILES string of the molecule is CCNCc1ccc(OCCOCCN(C)C2CC2)cc1.